The van der Waals surface area contributed by atoms with E-state index in [2.05, 4.69) is 0 Å². The second kappa shape index (κ2) is 7.79. The summed E-state index contributed by atoms with van der Waals surface area (Å²) in [6.45, 7) is -0.877. The molecule has 0 amide bonds. The molecule has 0 aliphatic carbocycles. The van der Waals surface area contributed by atoms with Gasteiger partial charge in [-0.05, 0) is 13.8 Å². The Hall–Kier alpha value is -2.52. The molecule has 0 bridgehead atoms. The molecular formula is C16H12F6O4. The van der Waals surface area contributed by atoms with Crippen molar-refractivity contribution in [1.82, 2.24) is 0 Å². The predicted octanol–water partition coefficient (Wildman–Crippen LogP) is 3.49. The molecule has 0 saturated heterocycles. The van der Waals surface area contributed by atoms with Crippen molar-refractivity contribution in [3.8, 4) is 0 Å². The summed E-state index contributed by atoms with van der Waals surface area (Å²) in [4.78, 5) is 46.2. The number of benzene rings is 1. The fourth-order valence-corrected chi connectivity index (χ4v) is 2.24. The maximum atomic E-state index is 14.1. The Morgan fingerprint density at radius 3 is 1.58 bits per heavy atom. The maximum absolute atomic E-state index is 14.1. The van der Waals surface area contributed by atoms with Gasteiger partial charge in [0.1, 0.15) is 11.6 Å². The van der Waals surface area contributed by atoms with Crippen molar-refractivity contribution < 1.29 is 45.5 Å². The molecule has 0 saturated carbocycles. The van der Waals surface area contributed by atoms with E-state index in [0.29, 0.717) is 0 Å². The van der Waals surface area contributed by atoms with Crippen LogP contribution in [0.25, 0.3) is 0 Å². The zero-order chi connectivity index (χ0) is 20.4. The molecule has 1 rings (SSSR count). The van der Waals surface area contributed by atoms with Crippen LogP contribution in [0.1, 0.15) is 53.0 Å². The highest BCUT2D eigenvalue weighted by molar-refractivity contribution is 6.17. The van der Waals surface area contributed by atoms with Gasteiger partial charge in [-0.1, -0.05) is 0 Å². The minimum atomic E-state index is -4.79. The first kappa shape index (κ1) is 21.5. The van der Waals surface area contributed by atoms with Gasteiger partial charge in [0.05, 0.1) is 24.0 Å². The Morgan fingerprint density at radius 2 is 1.19 bits per heavy atom. The molecule has 10 heteroatoms. The Bertz CT molecular complexity index is 801. The molecule has 0 spiro atoms. The molecule has 26 heavy (non-hydrogen) atoms. The largest absolute Gasteiger partial charge is 0.304 e. The molecule has 1 aromatic carbocycles. The topological polar surface area (TPSA) is 68.3 Å². The fraction of sp³-hybridized carbons (Fsp3) is 0.375. The van der Waals surface area contributed by atoms with Crippen LogP contribution >= 0.6 is 0 Å². The van der Waals surface area contributed by atoms with Gasteiger partial charge < -0.3 is 0 Å². The molecule has 0 unspecified atom stereocenters. The Balaban J connectivity index is 3.98. The van der Waals surface area contributed by atoms with Crippen LogP contribution in [0.5, 0.6) is 0 Å². The highest BCUT2D eigenvalue weighted by Crippen LogP contribution is 2.38. The number of rotatable bonds is 8. The summed E-state index contributed by atoms with van der Waals surface area (Å²) in [7, 11) is 0. The van der Waals surface area contributed by atoms with Gasteiger partial charge in [-0.25, -0.2) is 17.6 Å². The van der Waals surface area contributed by atoms with E-state index in [4.69, 9.17) is 0 Å². The van der Waals surface area contributed by atoms with Crippen molar-refractivity contribution >= 4 is 23.1 Å². The number of hydrogen-bond donors (Lipinski definition) is 0. The number of ketones is 4. The molecule has 4 nitrogen and oxygen atoms in total. The number of carbonyl (C=O) groups excluding carboxylic acids is 4. The lowest BCUT2D eigenvalue weighted by molar-refractivity contribution is -0.117. The van der Waals surface area contributed by atoms with Crippen molar-refractivity contribution in [2.45, 2.75) is 32.6 Å². The average Bonchev–Trinajstić information content (AvgIpc) is 2.50. The van der Waals surface area contributed by atoms with E-state index in [1.807, 2.05) is 0 Å². The average molecular weight is 382 g/mol. The lowest BCUT2D eigenvalue weighted by atomic mass is 9.88. The minimum absolute atomic E-state index is 0.845. The van der Waals surface area contributed by atoms with E-state index >= 15 is 0 Å². The zero-order valence-electron chi connectivity index (χ0n) is 13.5. The van der Waals surface area contributed by atoms with Crippen LogP contribution in [0.2, 0.25) is 0 Å². The standard InChI is InChI=1S/C16H12F6O4/c1-6(23)3-8(25)10-11(9(26)4-7(2)24)13(18)15(20)14(19)12(10)16(21,22)5-17/h3-5H2,1-2H3. The molecule has 0 atom stereocenters. The first-order chi connectivity index (χ1) is 11.8. The first-order valence-electron chi connectivity index (χ1n) is 7.05. The number of hydrogen-bond acceptors (Lipinski definition) is 4. The lowest BCUT2D eigenvalue weighted by Gasteiger charge is -2.20. The van der Waals surface area contributed by atoms with Crippen LogP contribution in [0, 0.1) is 17.5 Å². The monoisotopic (exact) mass is 382 g/mol. The quantitative estimate of drug-likeness (QED) is 0.299. The minimum Gasteiger partial charge on any atom is -0.300 e. The highest BCUT2D eigenvalue weighted by atomic mass is 19.3. The van der Waals surface area contributed by atoms with Gasteiger partial charge in [-0.2, -0.15) is 8.78 Å². The molecule has 0 radical (unpaired) electrons. The van der Waals surface area contributed by atoms with Gasteiger partial charge in [0.2, 0.25) is 0 Å². The Kier molecular flexibility index (Phi) is 6.45. The van der Waals surface area contributed by atoms with Gasteiger partial charge >= 0.3 is 5.92 Å². The molecule has 0 aliphatic heterocycles. The van der Waals surface area contributed by atoms with Crippen LogP contribution in [-0.4, -0.2) is 29.8 Å². The third-order valence-electron chi connectivity index (χ3n) is 3.23. The Morgan fingerprint density at radius 1 is 0.769 bits per heavy atom. The van der Waals surface area contributed by atoms with E-state index in [0.717, 1.165) is 13.8 Å². The molecule has 1 aromatic rings. The van der Waals surface area contributed by atoms with Crippen LogP contribution in [0.3, 0.4) is 0 Å². The molecule has 0 aromatic heterocycles. The second-order valence-electron chi connectivity index (χ2n) is 5.51. The van der Waals surface area contributed by atoms with Gasteiger partial charge in [-0.3, -0.25) is 19.2 Å². The molecule has 0 heterocycles. The third-order valence-corrected chi connectivity index (χ3v) is 3.23. The predicted molar refractivity (Wildman–Crippen MR) is 75.4 cm³/mol. The van der Waals surface area contributed by atoms with E-state index in [1.165, 1.54) is 0 Å². The molecular weight excluding hydrogens is 370 g/mol. The summed E-state index contributed by atoms with van der Waals surface area (Å²) in [6.07, 6.45) is -2.26. The highest BCUT2D eigenvalue weighted by Gasteiger charge is 2.44. The van der Waals surface area contributed by atoms with Crippen LogP contribution in [-0.2, 0) is 15.5 Å². The van der Waals surface area contributed by atoms with Crippen molar-refractivity contribution in [2.75, 3.05) is 6.67 Å². The summed E-state index contributed by atoms with van der Waals surface area (Å²) in [5, 5.41) is 0. The smallest absolute Gasteiger partial charge is 0.300 e. The first-order valence-corrected chi connectivity index (χ1v) is 7.05. The summed E-state index contributed by atoms with van der Waals surface area (Å²) >= 11 is 0. The molecule has 0 aliphatic rings. The van der Waals surface area contributed by atoms with Crippen LogP contribution in [0.4, 0.5) is 26.3 Å². The van der Waals surface area contributed by atoms with Crippen molar-refractivity contribution in [3.63, 3.8) is 0 Å². The Labute approximate surface area is 143 Å². The van der Waals surface area contributed by atoms with E-state index in [9.17, 15) is 45.5 Å². The molecule has 0 fully saturated rings. The van der Waals surface area contributed by atoms with E-state index < -0.39 is 82.7 Å². The number of carbonyl (C=O) groups is 4. The van der Waals surface area contributed by atoms with Crippen LogP contribution in [0.15, 0.2) is 0 Å². The maximum Gasteiger partial charge on any atom is 0.304 e. The van der Waals surface area contributed by atoms with Gasteiger partial charge in [-0.15, -0.1) is 0 Å². The lowest BCUT2D eigenvalue weighted by Crippen LogP contribution is -2.28. The SMILES string of the molecule is CC(=O)CC(=O)c1c(F)c(F)c(F)c(C(F)(F)CF)c1C(=O)CC(C)=O. The fourth-order valence-electron chi connectivity index (χ4n) is 2.24. The number of halogens is 6. The van der Waals surface area contributed by atoms with Crippen LogP contribution < -0.4 is 0 Å². The molecule has 142 valence electrons. The molecule has 0 N–H and O–H groups in total. The summed E-state index contributed by atoms with van der Waals surface area (Å²) < 4.78 is 82.0. The number of Topliss-reactive ketones (excluding diaryl/α,β-unsaturated/α-hetero) is 4. The van der Waals surface area contributed by atoms with Crippen molar-refractivity contribution in [2.24, 2.45) is 0 Å². The third kappa shape index (κ3) is 4.17. The van der Waals surface area contributed by atoms with E-state index in [-0.39, 0.29) is 0 Å². The zero-order valence-corrected chi connectivity index (χ0v) is 13.5. The van der Waals surface area contributed by atoms with Gasteiger partial charge in [0, 0.05) is 5.56 Å². The number of alkyl halides is 3. The van der Waals surface area contributed by atoms with Gasteiger partial charge in [0.25, 0.3) is 0 Å². The van der Waals surface area contributed by atoms with Crippen molar-refractivity contribution in [3.05, 3.63) is 34.1 Å². The summed E-state index contributed by atoms with van der Waals surface area (Å²) in [5.41, 5.74) is -5.43. The summed E-state index contributed by atoms with van der Waals surface area (Å²) in [5.74, 6) is -17.2. The summed E-state index contributed by atoms with van der Waals surface area (Å²) in [6, 6.07) is 0. The van der Waals surface area contributed by atoms with Gasteiger partial charge in [0.15, 0.2) is 35.7 Å². The second-order valence-corrected chi connectivity index (χ2v) is 5.51. The van der Waals surface area contributed by atoms with E-state index in [1.54, 1.807) is 0 Å². The normalized spacial score (nSPS) is 11.4. The van der Waals surface area contributed by atoms with Crippen molar-refractivity contribution in [1.29, 1.82) is 0 Å².